The number of rotatable bonds is 9. The Balaban J connectivity index is 1.71. The van der Waals surface area contributed by atoms with E-state index in [4.69, 9.17) is 0 Å². The van der Waals surface area contributed by atoms with Gasteiger partial charge in [-0.1, -0.05) is 44.2 Å². The van der Waals surface area contributed by atoms with Crippen molar-refractivity contribution >= 4 is 34.7 Å². The number of aromatic nitrogens is 3. The molecule has 7 heteroatoms. The summed E-state index contributed by atoms with van der Waals surface area (Å²) in [7, 11) is 0. The standard InChI is InChI=1S/C22H28N4OS2/c1-5-7-18-12-17(13-28-18)21-24-25-22(26(21)10-6-2)29-14-20(27)23-19-11-15(3)8-9-16(19)4/h8-9,11-13H,5-7,10,14H2,1-4H3,(H,23,27). The molecule has 0 radical (unpaired) electrons. The van der Waals surface area contributed by atoms with Crippen molar-refractivity contribution in [2.24, 2.45) is 0 Å². The lowest BCUT2D eigenvalue weighted by Gasteiger charge is -2.10. The highest BCUT2D eigenvalue weighted by molar-refractivity contribution is 7.99. The van der Waals surface area contributed by atoms with E-state index in [0.29, 0.717) is 5.75 Å². The van der Waals surface area contributed by atoms with Crippen molar-refractivity contribution in [1.29, 1.82) is 0 Å². The number of aryl methyl sites for hydroxylation is 3. The second kappa shape index (κ2) is 10.1. The predicted octanol–water partition coefficient (Wildman–Crippen LogP) is 5.72. The van der Waals surface area contributed by atoms with Gasteiger partial charge in [0, 0.05) is 28.1 Å². The fourth-order valence-electron chi connectivity index (χ4n) is 3.10. The maximum Gasteiger partial charge on any atom is 0.234 e. The fourth-order valence-corrected chi connectivity index (χ4v) is 4.83. The first-order valence-electron chi connectivity index (χ1n) is 10.0. The monoisotopic (exact) mass is 428 g/mol. The van der Waals surface area contributed by atoms with E-state index in [-0.39, 0.29) is 5.91 Å². The molecule has 154 valence electrons. The van der Waals surface area contributed by atoms with Crippen LogP contribution in [0.15, 0.2) is 34.8 Å². The van der Waals surface area contributed by atoms with Crippen molar-refractivity contribution in [1.82, 2.24) is 14.8 Å². The van der Waals surface area contributed by atoms with Crippen LogP contribution in [0.4, 0.5) is 5.69 Å². The molecule has 0 aliphatic heterocycles. The summed E-state index contributed by atoms with van der Waals surface area (Å²) in [6.45, 7) is 9.19. The SMILES string of the molecule is CCCc1cc(-c2nnc(SCC(=O)Nc3cc(C)ccc3C)n2CCC)cs1. The highest BCUT2D eigenvalue weighted by atomic mass is 32.2. The minimum atomic E-state index is -0.0305. The Hall–Kier alpha value is -2.12. The van der Waals surface area contributed by atoms with Crippen molar-refractivity contribution in [2.45, 2.75) is 58.7 Å². The van der Waals surface area contributed by atoms with Crippen molar-refractivity contribution in [3.05, 3.63) is 45.6 Å². The molecular formula is C22H28N4OS2. The number of thiophene rings is 1. The number of carbonyl (C=O) groups is 1. The molecule has 1 N–H and O–H groups in total. The third-order valence-corrected chi connectivity index (χ3v) is 6.54. The molecule has 0 aliphatic rings. The van der Waals surface area contributed by atoms with Gasteiger partial charge in [0.1, 0.15) is 0 Å². The largest absolute Gasteiger partial charge is 0.325 e. The summed E-state index contributed by atoms with van der Waals surface area (Å²) in [4.78, 5) is 13.9. The van der Waals surface area contributed by atoms with E-state index in [1.807, 2.05) is 32.0 Å². The van der Waals surface area contributed by atoms with Gasteiger partial charge in [0.25, 0.3) is 0 Å². The van der Waals surface area contributed by atoms with Crippen LogP contribution in [-0.4, -0.2) is 26.4 Å². The molecule has 0 saturated carbocycles. The van der Waals surface area contributed by atoms with Gasteiger partial charge < -0.3 is 9.88 Å². The van der Waals surface area contributed by atoms with Gasteiger partial charge in [-0.15, -0.1) is 21.5 Å². The van der Waals surface area contributed by atoms with E-state index < -0.39 is 0 Å². The summed E-state index contributed by atoms with van der Waals surface area (Å²) in [5.41, 5.74) is 4.17. The highest BCUT2D eigenvalue weighted by Crippen LogP contribution is 2.29. The van der Waals surface area contributed by atoms with Crippen LogP contribution >= 0.6 is 23.1 Å². The molecule has 0 aliphatic carbocycles. The van der Waals surface area contributed by atoms with Gasteiger partial charge in [-0.05, 0) is 49.9 Å². The molecule has 0 atom stereocenters. The van der Waals surface area contributed by atoms with Gasteiger partial charge in [0.05, 0.1) is 5.75 Å². The molecule has 3 rings (SSSR count). The average Bonchev–Trinajstić information content (AvgIpc) is 3.31. The Morgan fingerprint density at radius 3 is 2.76 bits per heavy atom. The fraction of sp³-hybridized carbons (Fsp3) is 0.409. The lowest BCUT2D eigenvalue weighted by molar-refractivity contribution is -0.113. The van der Waals surface area contributed by atoms with Crippen LogP contribution < -0.4 is 5.32 Å². The normalized spacial score (nSPS) is 11.0. The smallest absolute Gasteiger partial charge is 0.234 e. The van der Waals surface area contributed by atoms with E-state index >= 15 is 0 Å². The molecule has 0 bridgehead atoms. The van der Waals surface area contributed by atoms with E-state index in [1.54, 1.807) is 11.3 Å². The number of hydrogen-bond acceptors (Lipinski definition) is 5. The second-order valence-electron chi connectivity index (χ2n) is 7.16. The van der Waals surface area contributed by atoms with Crippen LogP contribution in [0.2, 0.25) is 0 Å². The van der Waals surface area contributed by atoms with Crippen molar-refractivity contribution in [3.8, 4) is 11.4 Å². The van der Waals surface area contributed by atoms with Crippen molar-refractivity contribution in [3.63, 3.8) is 0 Å². The highest BCUT2D eigenvalue weighted by Gasteiger charge is 2.16. The van der Waals surface area contributed by atoms with E-state index in [2.05, 4.69) is 45.4 Å². The molecular weight excluding hydrogens is 400 g/mol. The molecule has 29 heavy (non-hydrogen) atoms. The van der Waals surface area contributed by atoms with Crippen molar-refractivity contribution < 1.29 is 4.79 Å². The summed E-state index contributed by atoms with van der Waals surface area (Å²) in [5.74, 6) is 1.17. The van der Waals surface area contributed by atoms with Crippen LogP contribution in [0.5, 0.6) is 0 Å². The number of amides is 1. The summed E-state index contributed by atoms with van der Waals surface area (Å²) < 4.78 is 2.13. The Morgan fingerprint density at radius 1 is 1.17 bits per heavy atom. The minimum Gasteiger partial charge on any atom is -0.325 e. The predicted molar refractivity (Wildman–Crippen MR) is 123 cm³/mol. The number of thioether (sulfide) groups is 1. The molecule has 2 aromatic heterocycles. The van der Waals surface area contributed by atoms with E-state index in [0.717, 1.165) is 59.2 Å². The third-order valence-electron chi connectivity index (χ3n) is 4.57. The maximum absolute atomic E-state index is 12.5. The Labute approximate surface area is 180 Å². The van der Waals surface area contributed by atoms with Gasteiger partial charge >= 0.3 is 0 Å². The number of nitrogens with one attached hydrogen (secondary N) is 1. The van der Waals surface area contributed by atoms with Crippen LogP contribution in [0.3, 0.4) is 0 Å². The Bertz CT molecular complexity index is 977. The zero-order chi connectivity index (χ0) is 20.8. The average molecular weight is 429 g/mol. The van der Waals surface area contributed by atoms with Crippen LogP contribution in [-0.2, 0) is 17.8 Å². The molecule has 0 fully saturated rings. The molecule has 3 aromatic rings. The molecule has 0 unspecified atom stereocenters. The zero-order valence-corrected chi connectivity index (χ0v) is 19.1. The maximum atomic E-state index is 12.5. The topological polar surface area (TPSA) is 59.8 Å². The Morgan fingerprint density at radius 2 is 2.00 bits per heavy atom. The molecule has 2 heterocycles. The van der Waals surface area contributed by atoms with Crippen LogP contribution in [0.25, 0.3) is 11.4 Å². The molecule has 1 aromatic carbocycles. The summed E-state index contributed by atoms with van der Waals surface area (Å²) >= 11 is 3.21. The number of carbonyl (C=O) groups excluding carboxylic acids is 1. The molecule has 1 amide bonds. The van der Waals surface area contributed by atoms with Gasteiger partial charge in [-0.25, -0.2) is 0 Å². The minimum absolute atomic E-state index is 0.0305. The van der Waals surface area contributed by atoms with Gasteiger partial charge in [0.15, 0.2) is 11.0 Å². The van der Waals surface area contributed by atoms with E-state index in [9.17, 15) is 4.79 Å². The van der Waals surface area contributed by atoms with Crippen LogP contribution in [0, 0.1) is 13.8 Å². The second-order valence-corrected chi connectivity index (χ2v) is 9.10. The summed E-state index contributed by atoms with van der Waals surface area (Å²) in [5, 5.41) is 14.8. The lowest BCUT2D eigenvalue weighted by atomic mass is 10.1. The lowest BCUT2D eigenvalue weighted by Crippen LogP contribution is -2.15. The summed E-state index contributed by atoms with van der Waals surface area (Å²) in [6, 6.07) is 8.28. The summed E-state index contributed by atoms with van der Waals surface area (Å²) in [6.07, 6.45) is 3.21. The quantitative estimate of drug-likeness (QED) is 0.443. The Kier molecular flexibility index (Phi) is 7.50. The number of nitrogens with zero attached hydrogens (tertiary/aromatic N) is 3. The first kappa shape index (κ1) is 21.6. The first-order valence-corrected chi connectivity index (χ1v) is 11.9. The number of hydrogen-bond donors (Lipinski definition) is 1. The van der Waals surface area contributed by atoms with Gasteiger partial charge in [-0.2, -0.15) is 0 Å². The molecule has 0 saturated heterocycles. The van der Waals surface area contributed by atoms with Gasteiger partial charge in [-0.3, -0.25) is 4.79 Å². The third kappa shape index (κ3) is 5.48. The van der Waals surface area contributed by atoms with Crippen LogP contribution in [0.1, 0.15) is 42.7 Å². The zero-order valence-electron chi connectivity index (χ0n) is 17.5. The first-order chi connectivity index (χ1) is 14.0. The molecule has 5 nitrogen and oxygen atoms in total. The molecule has 0 spiro atoms. The van der Waals surface area contributed by atoms with E-state index in [1.165, 1.54) is 16.6 Å². The van der Waals surface area contributed by atoms with Crippen molar-refractivity contribution in [2.75, 3.05) is 11.1 Å². The number of benzene rings is 1. The van der Waals surface area contributed by atoms with Gasteiger partial charge in [0.2, 0.25) is 5.91 Å². The number of anilines is 1.